The van der Waals surface area contributed by atoms with Gasteiger partial charge in [-0.05, 0) is 42.8 Å². The molecule has 26 heavy (non-hydrogen) atoms. The van der Waals surface area contributed by atoms with E-state index in [9.17, 15) is 4.79 Å². The lowest BCUT2D eigenvalue weighted by molar-refractivity contribution is -0.135. The van der Waals surface area contributed by atoms with Gasteiger partial charge in [0.2, 0.25) is 5.91 Å². The van der Waals surface area contributed by atoms with Crippen molar-refractivity contribution in [2.75, 3.05) is 18.5 Å². The molecule has 134 valence electrons. The maximum atomic E-state index is 11.7. The fourth-order valence-electron chi connectivity index (χ4n) is 3.28. The van der Waals surface area contributed by atoms with Crippen LogP contribution < -0.4 is 10.6 Å². The fourth-order valence-corrected chi connectivity index (χ4v) is 3.63. The lowest BCUT2D eigenvalue weighted by atomic mass is 9.91. The molecule has 0 bridgehead atoms. The van der Waals surface area contributed by atoms with E-state index in [1.807, 2.05) is 61.1 Å². The second kappa shape index (κ2) is 6.41. The van der Waals surface area contributed by atoms with E-state index in [2.05, 4.69) is 31.7 Å². The van der Waals surface area contributed by atoms with Crippen molar-refractivity contribution in [1.29, 1.82) is 0 Å². The second-order valence-corrected chi connectivity index (χ2v) is 7.63. The molecule has 0 aliphatic carbocycles. The van der Waals surface area contributed by atoms with Gasteiger partial charge < -0.3 is 15.4 Å². The predicted octanol–water partition coefficient (Wildman–Crippen LogP) is 3.44. The summed E-state index contributed by atoms with van der Waals surface area (Å²) in [6, 6.07) is 14.0. The third kappa shape index (κ3) is 3.08. The first kappa shape index (κ1) is 17.1. The van der Waals surface area contributed by atoms with Crippen LogP contribution in [0.25, 0.3) is 10.9 Å². The topological polar surface area (TPSA) is 68.2 Å². The van der Waals surface area contributed by atoms with E-state index in [0.29, 0.717) is 6.61 Å². The van der Waals surface area contributed by atoms with Crippen LogP contribution in [0.2, 0.25) is 0 Å². The van der Waals surface area contributed by atoms with Gasteiger partial charge in [-0.1, -0.05) is 28.1 Å². The molecule has 2 heterocycles. The van der Waals surface area contributed by atoms with E-state index in [1.165, 1.54) is 0 Å². The smallest absolute Gasteiger partial charge is 0.246 e. The van der Waals surface area contributed by atoms with Gasteiger partial charge in [0.15, 0.2) is 5.82 Å². The first-order chi connectivity index (χ1) is 12.4. The fraction of sp³-hybridized carbons (Fsp3) is 0.263. The van der Waals surface area contributed by atoms with E-state index < -0.39 is 5.54 Å². The minimum absolute atomic E-state index is 0.0987. The van der Waals surface area contributed by atoms with Crippen molar-refractivity contribution in [3.05, 3.63) is 52.5 Å². The standard InChI is InChI=1S/C19H19BrN4O2/c1-19(11-26-10-17(25)22-19)12-4-3-5-14(8-12)21-18-15-7-6-13(20)9-16(15)24(2)23-18/h3-9H,10-11H2,1-2H3,(H,21,23)(H,22,25)/t19-/m0/s1. The van der Waals surface area contributed by atoms with Gasteiger partial charge in [0.05, 0.1) is 17.7 Å². The van der Waals surface area contributed by atoms with Crippen molar-refractivity contribution < 1.29 is 9.53 Å². The van der Waals surface area contributed by atoms with Gasteiger partial charge in [-0.3, -0.25) is 9.48 Å². The van der Waals surface area contributed by atoms with Crippen molar-refractivity contribution in [2.45, 2.75) is 12.5 Å². The van der Waals surface area contributed by atoms with Crippen LogP contribution in [0.1, 0.15) is 12.5 Å². The Morgan fingerprint density at radius 2 is 2.15 bits per heavy atom. The summed E-state index contributed by atoms with van der Waals surface area (Å²) < 4.78 is 8.30. The number of rotatable bonds is 3. The number of carbonyl (C=O) groups is 1. The summed E-state index contributed by atoms with van der Waals surface area (Å²) in [5.74, 6) is 0.694. The number of nitrogens with zero attached hydrogens (tertiary/aromatic N) is 2. The number of amides is 1. The molecule has 1 aliphatic heterocycles. The molecule has 1 fully saturated rings. The average molecular weight is 415 g/mol. The van der Waals surface area contributed by atoms with Gasteiger partial charge in [-0.15, -0.1) is 0 Å². The van der Waals surface area contributed by atoms with E-state index in [0.717, 1.165) is 32.4 Å². The number of carbonyl (C=O) groups excluding carboxylic acids is 1. The van der Waals surface area contributed by atoms with E-state index >= 15 is 0 Å². The molecule has 1 aromatic heterocycles. The number of hydrogen-bond acceptors (Lipinski definition) is 4. The largest absolute Gasteiger partial charge is 0.369 e. The predicted molar refractivity (Wildman–Crippen MR) is 104 cm³/mol. The molecule has 1 aliphatic rings. The quantitative estimate of drug-likeness (QED) is 0.688. The Morgan fingerprint density at radius 3 is 2.96 bits per heavy atom. The number of halogens is 1. The Bertz CT molecular complexity index is 1000. The van der Waals surface area contributed by atoms with Crippen LogP contribution in [0.4, 0.5) is 11.5 Å². The summed E-state index contributed by atoms with van der Waals surface area (Å²) in [6.07, 6.45) is 0. The minimum Gasteiger partial charge on any atom is -0.369 e. The molecule has 6 nitrogen and oxygen atoms in total. The summed E-state index contributed by atoms with van der Waals surface area (Å²) in [7, 11) is 1.92. The molecule has 0 spiro atoms. The Kier molecular flexibility index (Phi) is 4.20. The summed E-state index contributed by atoms with van der Waals surface area (Å²) in [6.45, 7) is 2.53. The van der Waals surface area contributed by atoms with Gasteiger partial charge in [0.25, 0.3) is 0 Å². The monoisotopic (exact) mass is 414 g/mol. The normalized spacial score (nSPS) is 20.2. The summed E-state index contributed by atoms with van der Waals surface area (Å²) >= 11 is 3.50. The highest BCUT2D eigenvalue weighted by Crippen LogP contribution is 2.30. The number of morpholine rings is 1. The average Bonchev–Trinajstić information content (AvgIpc) is 2.90. The number of aromatic nitrogens is 2. The molecule has 7 heteroatoms. The zero-order valence-electron chi connectivity index (χ0n) is 14.5. The molecule has 1 atom stereocenters. The van der Waals surface area contributed by atoms with Crippen molar-refractivity contribution in [2.24, 2.45) is 7.05 Å². The highest BCUT2D eigenvalue weighted by Gasteiger charge is 2.33. The zero-order chi connectivity index (χ0) is 18.3. The molecule has 4 rings (SSSR count). The summed E-state index contributed by atoms with van der Waals surface area (Å²) in [5.41, 5.74) is 2.40. The highest BCUT2D eigenvalue weighted by molar-refractivity contribution is 9.10. The van der Waals surface area contributed by atoms with Crippen molar-refractivity contribution >= 4 is 44.2 Å². The Hall–Kier alpha value is -2.38. The van der Waals surface area contributed by atoms with Gasteiger partial charge in [-0.2, -0.15) is 5.10 Å². The number of nitrogens with one attached hydrogen (secondary N) is 2. The van der Waals surface area contributed by atoms with Crippen LogP contribution in [0.15, 0.2) is 46.9 Å². The van der Waals surface area contributed by atoms with Gasteiger partial charge >= 0.3 is 0 Å². The van der Waals surface area contributed by atoms with Crippen LogP contribution >= 0.6 is 15.9 Å². The number of aryl methyl sites for hydroxylation is 1. The van der Waals surface area contributed by atoms with E-state index in [1.54, 1.807) is 0 Å². The third-order valence-electron chi connectivity index (χ3n) is 4.62. The first-order valence-electron chi connectivity index (χ1n) is 8.33. The van der Waals surface area contributed by atoms with Crippen LogP contribution in [-0.4, -0.2) is 28.9 Å². The van der Waals surface area contributed by atoms with Crippen LogP contribution in [-0.2, 0) is 22.1 Å². The van der Waals surface area contributed by atoms with Gasteiger partial charge in [-0.25, -0.2) is 0 Å². The van der Waals surface area contributed by atoms with Crippen molar-refractivity contribution in [3.63, 3.8) is 0 Å². The molecular formula is C19H19BrN4O2. The Balaban J connectivity index is 1.67. The molecule has 0 radical (unpaired) electrons. The maximum absolute atomic E-state index is 11.7. The number of hydrogen-bond donors (Lipinski definition) is 2. The summed E-state index contributed by atoms with van der Waals surface area (Å²) in [4.78, 5) is 11.7. The molecule has 0 unspecified atom stereocenters. The molecule has 1 amide bonds. The molecular weight excluding hydrogens is 396 g/mol. The van der Waals surface area contributed by atoms with Gasteiger partial charge in [0.1, 0.15) is 6.61 Å². The molecule has 1 saturated heterocycles. The number of fused-ring (bicyclic) bond motifs is 1. The number of ether oxygens (including phenoxy) is 1. The van der Waals surface area contributed by atoms with Gasteiger partial charge in [0, 0.05) is 22.6 Å². The number of anilines is 2. The van der Waals surface area contributed by atoms with Crippen molar-refractivity contribution in [3.8, 4) is 0 Å². The minimum atomic E-state index is -0.538. The number of benzene rings is 2. The first-order valence-corrected chi connectivity index (χ1v) is 9.12. The third-order valence-corrected chi connectivity index (χ3v) is 5.11. The second-order valence-electron chi connectivity index (χ2n) is 6.71. The van der Waals surface area contributed by atoms with E-state index in [-0.39, 0.29) is 12.5 Å². The van der Waals surface area contributed by atoms with Crippen LogP contribution in [0.5, 0.6) is 0 Å². The molecule has 0 saturated carbocycles. The molecule has 2 N–H and O–H groups in total. The lowest BCUT2D eigenvalue weighted by Crippen LogP contribution is -2.52. The van der Waals surface area contributed by atoms with Crippen LogP contribution in [0.3, 0.4) is 0 Å². The molecule has 2 aromatic carbocycles. The SMILES string of the molecule is Cn1nc(Nc2cccc([C@]3(C)COCC(=O)N3)c2)c2ccc(Br)cc21. The van der Waals surface area contributed by atoms with E-state index in [4.69, 9.17) is 4.74 Å². The Morgan fingerprint density at radius 1 is 1.31 bits per heavy atom. The Labute approximate surface area is 159 Å². The highest BCUT2D eigenvalue weighted by atomic mass is 79.9. The van der Waals surface area contributed by atoms with Crippen LogP contribution in [0, 0.1) is 0 Å². The maximum Gasteiger partial charge on any atom is 0.246 e. The zero-order valence-corrected chi connectivity index (χ0v) is 16.1. The summed E-state index contributed by atoms with van der Waals surface area (Å²) in [5, 5.41) is 12.0. The molecule has 3 aromatic rings. The lowest BCUT2D eigenvalue weighted by Gasteiger charge is -2.35. The van der Waals surface area contributed by atoms with Crippen molar-refractivity contribution in [1.82, 2.24) is 15.1 Å².